The van der Waals surface area contributed by atoms with Gasteiger partial charge >= 0.3 is 11.9 Å². The van der Waals surface area contributed by atoms with Gasteiger partial charge in [0.05, 0.1) is 13.2 Å². The molecule has 4 atom stereocenters. The van der Waals surface area contributed by atoms with Crippen molar-refractivity contribution >= 4 is 11.9 Å². The molecule has 4 N–H and O–H groups in total. The van der Waals surface area contributed by atoms with Gasteiger partial charge in [-0.2, -0.15) is 0 Å². The van der Waals surface area contributed by atoms with Crippen molar-refractivity contribution < 1.29 is 39.5 Å². The molecule has 0 amide bonds. The second-order valence-corrected chi connectivity index (χ2v) is 13.4. The highest BCUT2D eigenvalue weighted by Crippen LogP contribution is 2.19. The molecule has 0 saturated heterocycles. The molecular formula is C38H74O8. The van der Waals surface area contributed by atoms with E-state index in [0.29, 0.717) is 12.8 Å². The molecule has 0 radical (unpaired) electrons. The van der Waals surface area contributed by atoms with E-state index in [0.717, 1.165) is 38.5 Å². The molecule has 0 bridgehead atoms. The van der Waals surface area contributed by atoms with Gasteiger partial charge in [-0.25, -0.2) is 0 Å². The van der Waals surface area contributed by atoms with Crippen LogP contribution in [-0.4, -0.2) is 70.0 Å². The summed E-state index contributed by atoms with van der Waals surface area (Å²) in [5.41, 5.74) is 0. The fraction of sp³-hybridized carbons (Fsp3) is 0.947. The average Bonchev–Trinajstić information content (AvgIpc) is 3.06. The minimum atomic E-state index is -1.56. The Hall–Kier alpha value is -1.22. The highest BCUT2D eigenvalue weighted by molar-refractivity contribution is 5.70. The van der Waals surface area contributed by atoms with Crippen LogP contribution in [0.1, 0.15) is 194 Å². The van der Waals surface area contributed by atoms with E-state index in [4.69, 9.17) is 9.47 Å². The quantitative estimate of drug-likeness (QED) is 0.0394. The standard InChI is InChI=1S/C38H74O8/c1-3-5-7-9-11-13-15-17-19-21-23-25-27-29-35(43)45-37(33(41)31-39)38(34(42)32-40)46-36(44)30-28-26-24-22-20-18-16-14-12-10-8-6-4-2/h33-34,37-42H,3-32H2,1-2H3/t33-,34-,37-,38-/m1/s1. The number of aliphatic hydroxyl groups is 4. The Morgan fingerprint density at radius 2 is 0.630 bits per heavy atom. The van der Waals surface area contributed by atoms with Crippen LogP contribution in [0, 0.1) is 0 Å². The summed E-state index contributed by atoms with van der Waals surface area (Å²) >= 11 is 0. The number of hydrogen-bond acceptors (Lipinski definition) is 8. The van der Waals surface area contributed by atoms with Crippen LogP contribution < -0.4 is 0 Å². The van der Waals surface area contributed by atoms with Crippen molar-refractivity contribution in [1.29, 1.82) is 0 Å². The summed E-state index contributed by atoms with van der Waals surface area (Å²) in [5, 5.41) is 39.9. The Bertz CT molecular complexity index is 617. The van der Waals surface area contributed by atoms with Gasteiger partial charge in [0.15, 0.2) is 12.2 Å². The van der Waals surface area contributed by atoms with Crippen LogP contribution >= 0.6 is 0 Å². The van der Waals surface area contributed by atoms with Gasteiger partial charge in [0.2, 0.25) is 0 Å². The van der Waals surface area contributed by atoms with Crippen molar-refractivity contribution in [3.05, 3.63) is 0 Å². The molecule has 0 aliphatic heterocycles. The second-order valence-electron chi connectivity index (χ2n) is 13.4. The van der Waals surface area contributed by atoms with Gasteiger partial charge in [0, 0.05) is 12.8 Å². The summed E-state index contributed by atoms with van der Waals surface area (Å²) in [6, 6.07) is 0. The van der Waals surface area contributed by atoms with Gasteiger partial charge in [0.1, 0.15) is 12.2 Å². The van der Waals surface area contributed by atoms with Crippen LogP contribution in [0.5, 0.6) is 0 Å². The summed E-state index contributed by atoms with van der Waals surface area (Å²) in [4.78, 5) is 25.2. The molecular weight excluding hydrogens is 584 g/mol. The number of carbonyl (C=O) groups excluding carboxylic acids is 2. The highest BCUT2D eigenvalue weighted by atomic mass is 16.6. The van der Waals surface area contributed by atoms with E-state index < -0.39 is 49.6 Å². The van der Waals surface area contributed by atoms with E-state index in [2.05, 4.69) is 13.8 Å². The summed E-state index contributed by atoms with van der Waals surface area (Å²) in [5.74, 6) is -1.19. The fourth-order valence-electron chi connectivity index (χ4n) is 5.93. The van der Waals surface area contributed by atoms with Crippen molar-refractivity contribution in [3.8, 4) is 0 Å². The van der Waals surface area contributed by atoms with Crippen molar-refractivity contribution in [2.24, 2.45) is 0 Å². The van der Waals surface area contributed by atoms with E-state index >= 15 is 0 Å². The number of hydrogen-bond donors (Lipinski definition) is 4. The van der Waals surface area contributed by atoms with Crippen molar-refractivity contribution in [2.45, 2.75) is 218 Å². The predicted octanol–water partition coefficient (Wildman–Crippen LogP) is 8.48. The minimum absolute atomic E-state index is 0.126. The molecule has 0 aromatic rings. The normalized spacial score (nSPS) is 14.1. The Morgan fingerprint density at radius 3 is 0.848 bits per heavy atom. The summed E-state index contributed by atoms with van der Waals surface area (Å²) in [6.07, 6.45) is 25.0. The summed E-state index contributed by atoms with van der Waals surface area (Å²) < 4.78 is 10.8. The van der Waals surface area contributed by atoms with Gasteiger partial charge in [0.25, 0.3) is 0 Å². The fourth-order valence-corrected chi connectivity index (χ4v) is 5.93. The third-order valence-corrected chi connectivity index (χ3v) is 8.96. The third-order valence-electron chi connectivity index (χ3n) is 8.96. The topological polar surface area (TPSA) is 134 Å². The van der Waals surface area contributed by atoms with Gasteiger partial charge in [-0.05, 0) is 12.8 Å². The van der Waals surface area contributed by atoms with Crippen LogP contribution in [0.25, 0.3) is 0 Å². The first-order chi connectivity index (χ1) is 22.4. The lowest BCUT2D eigenvalue weighted by Crippen LogP contribution is -2.51. The summed E-state index contributed by atoms with van der Waals surface area (Å²) in [7, 11) is 0. The average molecular weight is 659 g/mol. The van der Waals surface area contributed by atoms with E-state index in [-0.39, 0.29) is 12.8 Å². The van der Waals surface area contributed by atoms with Crippen molar-refractivity contribution in [1.82, 2.24) is 0 Å². The molecule has 0 heterocycles. The largest absolute Gasteiger partial charge is 0.455 e. The van der Waals surface area contributed by atoms with E-state index in [9.17, 15) is 30.0 Å². The molecule has 8 heteroatoms. The first-order valence-electron chi connectivity index (χ1n) is 19.4. The van der Waals surface area contributed by atoms with E-state index in [1.165, 1.54) is 116 Å². The maximum absolute atomic E-state index is 12.6. The Balaban J connectivity index is 4.29. The molecule has 0 aliphatic rings. The molecule has 0 aromatic carbocycles. The Kier molecular flexibility index (Phi) is 32.8. The van der Waals surface area contributed by atoms with Crippen LogP contribution in [0.4, 0.5) is 0 Å². The molecule has 0 aliphatic carbocycles. The van der Waals surface area contributed by atoms with Crippen molar-refractivity contribution in [2.75, 3.05) is 13.2 Å². The smallest absolute Gasteiger partial charge is 0.306 e. The number of aliphatic hydroxyl groups excluding tert-OH is 4. The number of rotatable bonds is 35. The van der Waals surface area contributed by atoms with Gasteiger partial charge in [-0.15, -0.1) is 0 Å². The first kappa shape index (κ1) is 44.8. The lowest BCUT2D eigenvalue weighted by molar-refractivity contribution is -0.193. The maximum Gasteiger partial charge on any atom is 0.306 e. The molecule has 8 nitrogen and oxygen atoms in total. The number of esters is 2. The monoisotopic (exact) mass is 659 g/mol. The first-order valence-corrected chi connectivity index (χ1v) is 19.4. The molecule has 0 rings (SSSR count). The van der Waals surface area contributed by atoms with Crippen LogP contribution in [0.3, 0.4) is 0 Å². The van der Waals surface area contributed by atoms with Crippen molar-refractivity contribution in [3.63, 3.8) is 0 Å². The Labute approximate surface area is 282 Å². The molecule has 0 aromatic heterocycles. The zero-order valence-corrected chi connectivity index (χ0v) is 29.9. The molecule has 0 saturated carbocycles. The number of unbranched alkanes of at least 4 members (excludes halogenated alkanes) is 24. The zero-order valence-electron chi connectivity index (χ0n) is 29.9. The van der Waals surface area contributed by atoms with Crippen LogP contribution in [-0.2, 0) is 19.1 Å². The molecule has 46 heavy (non-hydrogen) atoms. The summed E-state index contributed by atoms with van der Waals surface area (Å²) in [6.45, 7) is 2.98. The zero-order chi connectivity index (χ0) is 34.1. The SMILES string of the molecule is CCCCCCCCCCCCCCCC(=O)O[C@@H]([C@H](OC(=O)CCCCCCCCCCCCCCC)[C@H](O)CO)[C@H](O)CO. The van der Waals surface area contributed by atoms with E-state index in [1.54, 1.807) is 0 Å². The van der Waals surface area contributed by atoms with Crippen LogP contribution in [0.2, 0.25) is 0 Å². The third kappa shape index (κ3) is 26.8. The second kappa shape index (κ2) is 33.7. The number of carbonyl (C=O) groups is 2. The predicted molar refractivity (Wildman–Crippen MR) is 187 cm³/mol. The molecule has 274 valence electrons. The Morgan fingerprint density at radius 1 is 0.413 bits per heavy atom. The minimum Gasteiger partial charge on any atom is -0.455 e. The van der Waals surface area contributed by atoms with Gasteiger partial charge in [-0.3, -0.25) is 9.59 Å². The van der Waals surface area contributed by atoms with Gasteiger partial charge < -0.3 is 29.9 Å². The molecule has 0 spiro atoms. The van der Waals surface area contributed by atoms with Crippen LogP contribution in [0.15, 0.2) is 0 Å². The van der Waals surface area contributed by atoms with E-state index in [1.807, 2.05) is 0 Å². The number of ether oxygens (including phenoxy) is 2. The molecule has 0 unspecified atom stereocenters. The lowest BCUT2D eigenvalue weighted by Gasteiger charge is -2.32. The highest BCUT2D eigenvalue weighted by Gasteiger charge is 2.39. The molecule has 0 fully saturated rings. The maximum atomic E-state index is 12.6. The van der Waals surface area contributed by atoms with Gasteiger partial charge in [-0.1, -0.05) is 168 Å². The lowest BCUT2D eigenvalue weighted by atomic mass is 10.0.